The Kier molecular flexibility index (Phi) is 7.22. The molecule has 0 aliphatic rings. The van der Waals surface area contributed by atoms with Crippen molar-refractivity contribution >= 4 is 40.5 Å². The van der Waals surface area contributed by atoms with Crippen LogP contribution >= 0.6 is 23.2 Å². The SMILES string of the molecule is COc1cc(CNc2ccc(Cl)cc2)ccc1OCC(=O)Nc1ccc(Cl)cc1. The molecule has 1 amide bonds. The molecule has 0 heterocycles. The van der Waals surface area contributed by atoms with Crippen molar-refractivity contribution in [3.8, 4) is 11.5 Å². The fourth-order valence-corrected chi connectivity index (χ4v) is 2.84. The van der Waals surface area contributed by atoms with Gasteiger partial charge in [-0.2, -0.15) is 0 Å². The molecule has 0 saturated carbocycles. The Bertz CT molecular complexity index is 961. The molecule has 0 saturated heterocycles. The highest BCUT2D eigenvalue weighted by Gasteiger charge is 2.09. The Morgan fingerprint density at radius 3 is 2.10 bits per heavy atom. The number of nitrogens with one attached hydrogen (secondary N) is 2. The van der Waals surface area contributed by atoms with E-state index in [4.69, 9.17) is 32.7 Å². The number of ether oxygens (including phenoxy) is 2. The van der Waals surface area contributed by atoms with E-state index in [-0.39, 0.29) is 12.5 Å². The minimum absolute atomic E-state index is 0.138. The molecular weight excluding hydrogens is 411 g/mol. The van der Waals surface area contributed by atoms with Crippen molar-refractivity contribution in [1.82, 2.24) is 0 Å². The van der Waals surface area contributed by atoms with Crippen molar-refractivity contribution in [2.24, 2.45) is 0 Å². The molecule has 0 aromatic heterocycles. The van der Waals surface area contributed by atoms with E-state index in [0.717, 1.165) is 11.3 Å². The van der Waals surface area contributed by atoms with Crippen molar-refractivity contribution in [1.29, 1.82) is 0 Å². The maximum absolute atomic E-state index is 12.1. The molecule has 0 fully saturated rings. The van der Waals surface area contributed by atoms with Crippen LogP contribution < -0.4 is 20.1 Å². The average molecular weight is 431 g/mol. The maximum Gasteiger partial charge on any atom is 0.262 e. The molecule has 0 bridgehead atoms. The van der Waals surface area contributed by atoms with E-state index >= 15 is 0 Å². The van der Waals surface area contributed by atoms with E-state index in [1.807, 2.05) is 36.4 Å². The third-order valence-corrected chi connectivity index (χ3v) is 4.56. The fourth-order valence-electron chi connectivity index (χ4n) is 2.59. The molecular formula is C22H20Cl2N2O3. The Labute approximate surface area is 179 Å². The van der Waals surface area contributed by atoms with Crippen LogP contribution in [-0.2, 0) is 11.3 Å². The molecule has 150 valence electrons. The summed E-state index contributed by atoms with van der Waals surface area (Å²) >= 11 is 11.7. The monoisotopic (exact) mass is 430 g/mol. The third-order valence-electron chi connectivity index (χ3n) is 4.06. The molecule has 5 nitrogen and oxygen atoms in total. The molecule has 0 aliphatic heterocycles. The van der Waals surface area contributed by atoms with Gasteiger partial charge in [-0.25, -0.2) is 0 Å². The van der Waals surface area contributed by atoms with Crippen molar-refractivity contribution in [3.63, 3.8) is 0 Å². The summed E-state index contributed by atoms with van der Waals surface area (Å²) in [7, 11) is 1.56. The van der Waals surface area contributed by atoms with Gasteiger partial charge in [0, 0.05) is 28.0 Å². The molecule has 0 spiro atoms. The van der Waals surface area contributed by atoms with Gasteiger partial charge < -0.3 is 20.1 Å². The van der Waals surface area contributed by atoms with Crippen LogP contribution in [0.15, 0.2) is 66.7 Å². The van der Waals surface area contributed by atoms with E-state index in [9.17, 15) is 4.79 Å². The van der Waals surface area contributed by atoms with E-state index in [1.54, 1.807) is 37.4 Å². The van der Waals surface area contributed by atoms with Crippen LogP contribution in [0.4, 0.5) is 11.4 Å². The van der Waals surface area contributed by atoms with E-state index in [0.29, 0.717) is 33.8 Å². The van der Waals surface area contributed by atoms with Gasteiger partial charge in [-0.05, 0) is 66.2 Å². The quantitative estimate of drug-likeness (QED) is 0.485. The van der Waals surface area contributed by atoms with Gasteiger partial charge in [-0.15, -0.1) is 0 Å². The van der Waals surface area contributed by atoms with Crippen molar-refractivity contribution in [2.45, 2.75) is 6.54 Å². The van der Waals surface area contributed by atoms with E-state index < -0.39 is 0 Å². The number of halogens is 2. The zero-order chi connectivity index (χ0) is 20.6. The molecule has 0 atom stereocenters. The number of anilines is 2. The molecule has 3 aromatic carbocycles. The molecule has 7 heteroatoms. The summed E-state index contributed by atoms with van der Waals surface area (Å²) in [5.41, 5.74) is 2.63. The second-order valence-electron chi connectivity index (χ2n) is 6.19. The maximum atomic E-state index is 12.1. The zero-order valence-corrected chi connectivity index (χ0v) is 17.3. The number of hydrogen-bond donors (Lipinski definition) is 2. The number of carbonyl (C=O) groups is 1. The molecule has 29 heavy (non-hydrogen) atoms. The van der Waals surface area contributed by atoms with E-state index in [2.05, 4.69) is 10.6 Å². The first-order valence-corrected chi connectivity index (χ1v) is 9.63. The van der Waals surface area contributed by atoms with E-state index in [1.165, 1.54) is 0 Å². The van der Waals surface area contributed by atoms with Crippen molar-refractivity contribution < 1.29 is 14.3 Å². The average Bonchev–Trinajstić information content (AvgIpc) is 2.73. The summed E-state index contributed by atoms with van der Waals surface area (Å²) in [6.07, 6.45) is 0. The van der Waals surface area contributed by atoms with Crippen LogP contribution in [0, 0.1) is 0 Å². The number of benzene rings is 3. The van der Waals surface area contributed by atoms with Crippen LogP contribution in [0.5, 0.6) is 11.5 Å². The van der Waals surface area contributed by atoms with Crippen LogP contribution in [0.3, 0.4) is 0 Å². The fraction of sp³-hybridized carbons (Fsp3) is 0.136. The highest BCUT2D eigenvalue weighted by molar-refractivity contribution is 6.30. The summed E-state index contributed by atoms with van der Waals surface area (Å²) in [5, 5.41) is 7.36. The standard InChI is InChI=1S/C22H20Cl2N2O3/c1-28-21-12-15(13-25-18-7-3-16(23)4-8-18)2-11-20(21)29-14-22(27)26-19-9-5-17(24)6-10-19/h2-12,25H,13-14H2,1H3,(H,26,27). The molecule has 3 aromatic rings. The Morgan fingerprint density at radius 2 is 1.48 bits per heavy atom. The highest BCUT2D eigenvalue weighted by atomic mass is 35.5. The van der Waals surface area contributed by atoms with Crippen LogP contribution in [-0.4, -0.2) is 19.6 Å². The number of methoxy groups -OCH3 is 1. The van der Waals surface area contributed by atoms with Gasteiger partial charge in [0.15, 0.2) is 18.1 Å². The van der Waals surface area contributed by atoms with Gasteiger partial charge in [0.05, 0.1) is 7.11 Å². The Balaban J connectivity index is 1.55. The van der Waals surface area contributed by atoms with Gasteiger partial charge in [0.25, 0.3) is 5.91 Å². The summed E-state index contributed by atoms with van der Waals surface area (Å²) in [5.74, 6) is 0.775. The zero-order valence-electron chi connectivity index (χ0n) is 15.7. The number of rotatable bonds is 8. The summed E-state index contributed by atoms with van der Waals surface area (Å²) in [4.78, 5) is 12.1. The number of hydrogen-bond acceptors (Lipinski definition) is 4. The Hall–Kier alpha value is -2.89. The molecule has 0 unspecified atom stereocenters. The van der Waals surface area contributed by atoms with Crippen molar-refractivity contribution in [3.05, 3.63) is 82.3 Å². The first-order valence-electron chi connectivity index (χ1n) is 8.88. The van der Waals surface area contributed by atoms with Gasteiger partial charge in [0.2, 0.25) is 0 Å². The lowest BCUT2D eigenvalue weighted by atomic mass is 10.2. The molecule has 3 rings (SSSR count). The minimum atomic E-state index is -0.275. The number of amides is 1. The molecule has 2 N–H and O–H groups in total. The Morgan fingerprint density at radius 1 is 0.862 bits per heavy atom. The highest BCUT2D eigenvalue weighted by Crippen LogP contribution is 2.28. The predicted molar refractivity (Wildman–Crippen MR) is 117 cm³/mol. The largest absolute Gasteiger partial charge is 0.493 e. The third kappa shape index (κ3) is 6.31. The van der Waals surface area contributed by atoms with Gasteiger partial charge in [0.1, 0.15) is 0 Å². The van der Waals surface area contributed by atoms with Crippen LogP contribution in [0.1, 0.15) is 5.56 Å². The summed E-state index contributed by atoms with van der Waals surface area (Å²) < 4.78 is 11.0. The summed E-state index contributed by atoms with van der Waals surface area (Å²) in [6, 6.07) is 19.9. The molecule has 0 aliphatic carbocycles. The van der Waals surface area contributed by atoms with Crippen LogP contribution in [0.2, 0.25) is 10.0 Å². The lowest BCUT2D eigenvalue weighted by molar-refractivity contribution is -0.118. The lowest BCUT2D eigenvalue weighted by Crippen LogP contribution is -2.20. The van der Waals surface area contributed by atoms with Crippen molar-refractivity contribution in [2.75, 3.05) is 24.4 Å². The first kappa shape index (κ1) is 20.8. The smallest absolute Gasteiger partial charge is 0.262 e. The minimum Gasteiger partial charge on any atom is -0.493 e. The van der Waals surface area contributed by atoms with Crippen LogP contribution in [0.25, 0.3) is 0 Å². The predicted octanol–water partition coefficient (Wildman–Crippen LogP) is 5.63. The summed E-state index contributed by atoms with van der Waals surface area (Å²) in [6.45, 7) is 0.469. The first-order chi connectivity index (χ1) is 14.0. The second-order valence-corrected chi connectivity index (χ2v) is 7.06. The topological polar surface area (TPSA) is 59.6 Å². The number of carbonyl (C=O) groups excluding carboxylic acids is 1. The lowest BCUT2D eigenvalue weighted by Gasteiger charge is -2.13. The van der Waals surface area contributed by atoms with Gasteiger partial charge in [-0.1, -0.05) is 29.3 Å². The van der Waals surface area contributed by atoms with Gasteiger partial charge >= 0.3 is 0 Å². The molecule has 0 radical (unpaired) electrons. The second kappa shape index (κ2) is 10.0. The normalized spacial score (nSPS) is 10.3. The van der Waals surface area contributed by atoms with Gasteiger partial charge in [-0.3, -0.25) is 4.79 Å².